The van der Waals surface area contributed by atoms with Crippen LogP contribution in [0.1, 0.15) is 11.1 Å². The summed E-state index contributed by atoms with van der Waals surface area (Å²) in [4.78, 5) is 22.7. The lowest BCUT2D eigenvalue weighted by molar-refractivity contribution is -0.385. The van der Waals surface area contributed by atoms with Gasteiger partial charge in [0, 0.05) is 11.6 Å². The maximum Gasteiger partial charge on any atom is 0.312 e. The Morgan fingerprint density at radius 1 is 1.13 bits per heavy atom. The highest BCUT2D eigenvalue weighted by molar-refractivity contribution is 6.32. The molecule has 0 spiro atoms. The number of nitro groups is 1. The quantitative estimate of drug-likeness (QED) is 0.330. The minimum absolute atomic E-state index is 0.0163. The summed E-state index contributed by atoms with van der Waals surface area (Å²) in [5.41, 5.74) is 3.05. The normalized spacial score (nSPS) is 10.7. The summed E-state index contributed by atoms with van der Waals surface area (Å²) in [6.45, 7) is 0. The van der Waals surface area contributed by atoms with Crippen molar-refractivity contribution >= 4 is 29.4 Å². The summed E-state index contributed by atoms with van der Waals surface area (Å²) < 4.78 is 18.4. The third-order valence-electron chi connectivity index (χ3n) is 3.92. The number of carbonyl (C=O) groups is 1. The van der Waals surface area contributed by atoms with Gasteiger partial charge in [-0.2, -0.15) is 5.10 Å². The van der Waals surface area contributed by atoms with Gasteiger partial charge in [-0.15, -0.1) is 0 Å². The molecule has 0 heterocycles. The molecule has 0 aromatic heterocycles. The number of halogens is 2. The number of nitrogens with one attached hydrogen (secondary N) is 1. The smallest absolute Gasteiger partial charge is 0.312 e. The molecule has 152 valence electrons. The molecule has 1 amide bonds. The maximum atomic E-state index is 12.9. The topological polar surface area (TPSA) is 93.8 Å². The van der Waals surface area contributed by atoms with Gasteiger partial charge >= 0.3 is 5.69 Å². The maximum absolute atomic E-state index is 12.9. The van der Waals surface area contributed by atoms with Gasteiger partial charge in [0.2, 0.25) is 11.7 Å². The zero-order valence-electron chi connectivity index (χ0n) is 15.4. The molecule has 9 heteroatoms. The lowest BCUT2D eigenvalue weighted by atomic mass is 10.1. The van der Waals surface area contributed by atoms with Gasteiger partial charge in [0.25, 0.3) is 0 Å². The first kappa shape index (κ1) is 20.9. The highest BCUT2D eigenvalue weighted by Crippen LogP contribution is 2.35. The highest BCUT2D eigenvalue weighted by atomic mass is 35.5. The third-order valence-corrected chi connectivity index (χ3v) is 4.23. The van der Waals surface area contributed by atoms with Crippen LogP contribution >= 0.6 is 11.6 Å². The van der Waals surface area contributed by atoms with E-state index in [-0.39, 0.29) is 29.4 Å². The molecular weight excluding hydrogens is 413 g/mol. The molecule has 0 fully saturated rings. The van der Waals surface area contributed by atoms with Crippen LogP contribution in [-0.2, 0) is 11.2 Å². The van der Waals surface area contributed by atoms with Crippen molar-refractivity contribution in [1.82, 2.24) is 5.43 Å². The molecule has 0 saturated carbocycles. The number of para-hydroxylation sites is 1. The van der Waals surface area contributed by atoms with Crippen molar-refractivity contribution in [3.63, 3.8) is 0 Å². The number of nitro benzene ring substituents is 1. The van der Waals surface area contributed by atoms with Crippen molar-refractivity contribution in [3.05, 3.63) is 98.8 Å². The molecule has 0 aliphatic rings. The van der Waals surface area contributed by atoms with E-state index in [1.54, 1.807) is 30.3 Å². The van der Waals surface area contributed by atoms with Crippen LogP contribution in [0.15, 0.2) is 71.8 Å². The minimum atomic E-state index is -0.587. The van der Waals surface area contributed by atoms with Crippen LogP contribution in [0.25, 0.3) is 0 Å². The fourth-order valence-electron chi connectivity index (χ4n) is 2.50. The first-order chi connectivity index (χ1) is 14.4. The lowest BCUT2D eigenvalue weighted by Crippen LogP contribution is -2.19. The van der Waals surface area contributed by atoms with Gasteiger partial charge < -0.3 is 4.74 Å². The largest absolute Gasteiger partial charge is 0.449 e. The molecular formula is C21H15ClFN3O4. The van der Waals surface area contributed by atoms with Gasteiger partial charge in [-0.1, -0.05) is 35.9 Å². The van der Waals surface area contributed by atoms with E-state index < -0.39 is 10.8 Å². The standard InChI is InChI=1S/C21H15ClFN3O4/c22-17-3-1-2-4-19(17)30-20-10-7-15(11-18(20)26(28)29)13-24-25-21(27)12-14-5-8-16(23)9-6-14/h1-11,13H,12H2,(H,25,27)/b24-13+. The highest BCUT2D eigenvalue weighted by Gasteiger charge is 2.17. The monoisotopic (exact) mass is 427 g/mol. The number of ether oxygens (including phenoxy) is 1. The Morgan fingerprint density at radius 2 is 1.87 bits per heavy atom. The molecule has 0 bridgehead atoms. The summed E-state index contributed by atoms with van der Waals surface area (Å²) >= 11 is 6.03. The van der Waals surface area contributed by atoms with Gasteiger partial charge in [-0.3, -0.25) is 14.9 Å². The third kappa shape index (κ3) is 5.62. The van der Waals surface area contributed by atoms with Crippen molar-refractivity contribution in [2.45, 2.75) is 6.42 Å². The first-order valence-corrected chi connectivity index (χ1v) is 9.07. The van der Waals surface area contributed by atoms with E-state index in [1.807, 2.05) is 0 Å². The number of amides is 1. The number of hydrazone groups is 1. The molecule has 0 radical (unpaired) electrons. The van der Waals surface area contributed by atoms with E-state index in [2.05, 4.69) is 10.5 Å². The Kier molecular flexibility index (Phi) is 6.71. The number of hydrogen-bond acceptors (Lipinski definition) is 5. The van der Waals surface area contributed by atoms with Crippen LogP contribution in [0.4, 0.5) is 10.1 Å². The Balaban J connectivity index is 1.68. The van der Waals surface area contributed by atoms with Gasteiger partial charge in [0.15, 0.2) is 0 Å². The molecule has 3 aromatic carbocycles. The number of benzene rings is 3. The second-order valence-corrected chi connectivity index (χ2v) is 6.52. The van der Waals surface area contributed by atoms with Crippen LogP contribution in [0.2, 0.25) is 5.02 Å². The van der Waals surface area contributed by atoms with Crippen LogP contribution in [0, 0.1) is 15.9 Å². The fourth-order valence-corrected chi connectivity index (χ4v) is 2.67. The molecule has 0 aliphatic carbocycles. The molecule has 3 rings (SSSR count). The van der Waals surface area contributed by atoms with Crippen molar-refractivity contribution in [2.24, 2.45) is 5.10 Å². The van der Waals surface area contributed by atoms with E-state index in [0.717, 1.165) is 0 Å². The van der Waals surface area contributed by atoms with E-state index >= 15 is 0 Å². The number of hydrogen-bond donors (Lipinski definition) is 1. The summed E-state index contributed by atoms with van der Waals surface area (Å²) in [5, 5.41) is 15.5. The van der Waals surface area contributed by atoms with Crippen molar-refractivity contribution in [3.8, 4) is 11.5 Å². The predicted molar refractivity (Wildman–Crippen MR) is 110 cm³/mol. The first-order valence-electron chi connectivity index (χ1n) is 8.69. The average molecular weight is 428 g/mol. The zero-order chi connectivity index (χ0) is 21.5. The van der Waals surface area contributed by atoms with Gasteiger partial charge in [0.1, 0.15) is 11.6 Å². The van der Waals surface area contributed by atoms with E-state index in [0.29, 0.717) is 16.1 Å². The Labute approximate surface area is 175 Å². The Hall–Kier alpha value is -3.78. The summed E-state index contributed by atoms with van der Waals surface area (Å²) in [7, 11) is 0. The van der Waals surface area contributed by atoms with Crippen molar-refractivity contribution < 1.29 is 18.8 Å². The molecule has 0 saturated heterocycles. The molecule has 0 aliphatic heterocycles. The van der Waals surface area contributed by atoms with Crippen LogP contribution < -0.4 is 10.2 Å². The van der Waals surface area contributed by atoms with E-state index in [4.69, 9.17) is 16.3 Å². The van der Waals surface area contributed by atoms with Gasteiger partial charge in [-0.05, 0) is 42.0 Å². The fraction of sp³-hybridized carbons (Fsp3) is 0.0476. The Morgan fingerprint density at radius 3 is 2.57 bits per heavy atom. The summed E-state index contributed by atoms with van der Waals surface area (Å²) in [6, 6.07) is 16.4. The Bertz CT molecular complexity index is 1100. The summed E-state index contributed by atoms with van der Waals surface area (Å²) in [5.74, 6) is -0.492. The number of rotatable bonds is 7. The SMILES string of the molecule is O=C(Cc1ccc(F)cc1)N/N=C/c1ccc(Oc2ccccc2Cl)c([N+](=O)[O-])c1. The second-order valence-electron chi connectivity index (χ2n) is 6.11. The molecule has 3 aromatic rings. The minimum Gasteiger partial charge on any atom is -0.449 e. The second kappa shape index (κ2) is 9.62. The molecule has 0 atom stereocenters. The van der Waals surface area contributed by atoms with E-state index in [1.165, 1.54) is 42.6 Å². The van der Waals surface area contributed by atoms with Gasteiger partial charge in [0.05, 0.1) is 22.6 Å². The van der Waals surface area contributed by atoms with Crippen molar-refractivity contribution in [1.29, 1.82) is 0 Å². The van der Waals surface area contributed by atoms with Crippen LogP contribution in [0.3, 0.4) is 0 Å². The van der Waals surface area contributed by atoms with Crippen LogP contribution in [0.5, 0.6) is 11.5 Å². The molecule has 30 heavy (non-hydrogen) atoms. The summed E-state index contributed by atoms with van der Waals surface area (Å²) in [6.07, 6.45) is 1.29. The molecule has 1 N–H and O–H groups in total. The van der Waals surface area contributed by atoms with Gasteiger partial charge in [-0.25, -0.2) is 9.82 Å². The van der Waals surface area contributed by atoms with Crippen molar-refractivity contribution in [2.75, 3.05) is 0 Å². The lowest BCUT2D eigenvalue weighted by Gasteiger charge is -2.08. The number of nitrogens with zero attached hydrogens (tertiary/aromatic N) is 2. The molecule has 7 nitrogen and oxygen atoms in total. The van der Waals surface area contributed by atoms with E-state index in [9.17, 15) is 19.3 Å². The average Bonchev–Trinajstić information content (AvgIpc) is 2.72. The predicted octanol–water partition coefficient (Wildman–Crippen LogP) is 4.87. The van der Waals surface area contributed by atoms with Crippen LogP contribution in [-0.4, -0.2) is 17.0 Å². The molecule has 0 unspecified atom stereocenters. The zero-order valence-corrected chi connectivity index (χ0v) is 16.2. The number of carbonyl (C=O) groups excluding carboxylic acids is 1.